The first-order valence-electron chi connectivity index (χ1n) is 10.8. The van der Waals surface area contributed by atoms with E-state index in [0.29, 0.717) is 31.2 Å². The summed E-state index contributed by atoms with van der Waals surface area (Å²) in [7, 11) is 0. The highest BCUT2D eigenvalue weighted by molar-refractivity contribution is 14.0. The summed E-state index contributed by atoms with van der Waals surface area (Å²) in [4.78, 5) is 8.83. The fraction of sp³-hybridized carbons (Fsp3) is 0.435. The van der Waals surface area contributed by atoms with E-state index in [2.05, 4.69) is 27.0 Å². The van der Waals surface area contributed by atoms with Crippen molar-refractivity contribution in [1.29, 1.82) is 0 Å². The van der Waals surface area contributed by atoms with E-state index in [9.17, 15) is 4.39 Å². The number of aliphatic imine (C=N–C) groups is 1. The van der Waals surface area contributed by atoms with Gasteiger partial charge in [0.15, 0.2) is 17.5 Å². The van der Waals surface area contributed by atoms with E-state index in [-0.39, 0.29) is 35.8 Å². The second-order valence-corrected chi connectivity index (χ2v) is 7.75. The van der Waals surface area contributed by atoms with Crippen LogP contribution < -0.4 is 25.4 Å². The van der Waals surface area contributed by atoms with Crippen LogP contribution in [0.4, 0.5) is 15.8 Å². The molecule has 2 heterocycles. The summed E-state index contributed by atoms with van der Waals surface area (Å²) >= 11 is 0. The molecule has 2 aliphatic heterocycles. The molecular weight excluding hydrogens is 524 g/mol. The minimum atomic E-state index is -0.216. The number of nitrogens with zero attached hydrogens (tertiary/aromatic N) is 3. The molecule has 0 aliphatic carbocycles. The van der Waals surface area contributed by atoms with Crippen molar-refractivity contribution in [3.8, 4) is 11.5 Å². The molecule has 0 radical (unpaired) electrons. The second kappa shape index (κ2) is 11.6. The van der Waals surface area contributed by atoms with Gasteiger partial charge in [-0.2, -0.15) is 0 Å². The van der Waals surface area contributed by atoms with E-state index in [1.807, 2.05) is 30.3 Å². The van der Waals surface area contributed by atoms with Gasteiger partial charge in [-0.05, 0) is 36.4 Å². The summed E-state index contributed by atoms with van der Waals surface area (Å²) in [6, 6.07) is 10.9. The molecule has 7 nitrogen and oxygen atoms in total. The van der Waals surface area contributed by atoms with Gasteiger partial charge in [0.1, 0.15) is 5.82 Å². The SMILES string of the molecule is CCN1CCN(c2ccc(CN=C(N)Nc3ccc4c(c3)OCCCO4)cc2F)CC1.I. The number of nitrogens with one attached hydrogen (secondary N) is 1. The quantitative estimate of drug-likeness (QED) is 0.333. The molecule has 32 heavy (non-hydrogen) atoms. The number of benzene rings is 2. The zero-order valence-electron chi connectivity index (χ0n) is 18.3. The smallest absolute Gasteiger partial charge is 0.193 e. The summed E-state index contributed by atoms with van der Waals surface area (Å²) < 4.78 is 26.0. The van der Waals surface area contributed by atoms with Crippen LogP contribution >= 0.6 is 24.0 Å². The molecule has 0 bridgehead atoms. The average Bonchev–Trinajstić information content (AvgIpc) is 3.03. The van der Waals surface area contributed by atoms with Crippen molar-refractivity contribution in [2.45, 2.75) is 19.9 Å². The molecule has 1 fully saturated rings. The van der Waals surface area contributed by atoms with Crippen LogP contribution in [0.15, 0.2) is 41.4 Å². The Kier molecular flexibility index (Phi) is 8.80. The lowest BCUT2D eigenvalue weighted by Gasteiger charge is -2.35. The molecule has 2 aliphatic rings. The van der Waals surface area contributed by atoms with Crippen molar-refractivity contribution in [2.75, 3.05) is 56.2 Å². The molecular formula is C23H31FIN5O2. The van der Waals surface area contributed by atoms with Crippen LogP contribution in [0.5, 0.6) is 11.5 Å². The molecule has 3 N–H and O–H groups in total. The number of fused-ring (bicyclic) bond motifs is 1. The maximum absolute atomic E-state index is 14.7. The van der Waals surface area contributed by atoms with Gasteiger partial charge >= 0.3 is 0 Å². The molecule has 174 valence electrons. The van der Waals surface area contributed by atoms with Gasteiger partial charge in [-0.15, -0.1) is 24.0 Å². The normalized spacial score (nSPS) is 16.8. The number of guanidine groups is 1. The van der Waals surface area contributed by atoms with Crippen LogP contribution in [0.2, 0.25) is 0 Å². The molecule has 9 heteroatoms. The van der Waals surface area contributed by atoms with Gasteiger partial charge in [0.2, 0.25) is 0 Å². The Hall–Kier alpha value is -2.27. The van der Waals surface area contributed by atoms with E-state index in [4.69, 9.17) is 15.2 Å². The summed E-state index contributed by atoms with van der Waals surface area (Å²) in [6.45, 7) is 8.36. The second-order valence-electron chi connectivity index (χ2n) is 7.75. The molecule has 0 atom stereocenters. The first-order valence-corrected chi connectivity index (χ1v) is 10.8. The summed E-state index contributed by atoms with van der Waals surface area (Å²) in [5.41, 5.74) is 8.22. The van der Waals surface area contributed by atoms with Crippen LogP contribution in [0.1, 0.15) is 18.9 Å². The molecule has 2 aromatic carbocycles. The van der Waals surface area contributed by atoms with Gasteiger partial charge in [0, 0.05) is 44.4 Å². The monoisotopic (exact) mass is 555 g/mol. The number of hydrogen-bond acceptors (Lipinski definition) is 5. The zero-order chi connectivity index (χ0) is 21.6. The molecule has 1 saturated heterocycles. The van der Waals surface area contributed by atoms with E-state index in [1.54, 1.807) is 6.07 Å². The third kappa shape index (κ3) is 6.16. The Morgan fingerprint density at radius 1 is 1.06 bits per heavy atom. The molecule has 2 aromatic rings. The van der Waals surface area contributed by atoms with Gasteiger partial charge < -0.3 is 30.3 Å². The largest absolute Gasteiger partial charge is 0.490 e. The molecule has 0 saturated carbocycles. The number of rotatable bonds is 5. The van der Waals surface area contributed by atoms with Crippen molar-refractivity contribution in [2.24, 2.45) is 10.7 Å². The minimum Gasteiger partial charge on any atom is -0.490 e. The third-order valence-corrected chi connectivity index (χ3v) is 5.62. The average molecular weight is 555 g/mol. The Morgan fingerprint density at radius 2 is 1.81 bits per heavy atom. The van der Waals surface area contributed by atoms with Gasteiger partial charge in [-0.1, -0.05) is 13.0 Å². The van der Waals surface area contributed by atoms with Crippen molar-refractivity contribution in [3.63, 3.8) is 0 Å². The number of anilines is 2. The van der Waals surface area contributed by atoms with Crippen LogP contribution in [-0.4, -0.2) is 56.8 Å². The number of piperazine rings is 1. The predicted octanol–water partition coefficient (Wildman–Crippen LogP) is 3.67. The maximum Gasteiger partial charge on any atom is 0.193 e. The lowest BCUT2D eigenvalue weighted by Crippen LogP contribution is -2.46. The van der Waals surface area contributed by atoms with Gasteiger partial charge in [-0.25, -0.2) is 9.38 Å². The van der Waals surface area contributed by atoms with Crippen molar-refractivity contribution >= 4 is 41.3 Å². The zero-order valence-corrected chi connectivity index (χ0v) is 20.7. The molecule has 0 spiro atoms. The Morgan fingerprint density at radius 3 is 2.53 bits per heavy atom. The lowest BCUT2D eigenvalue weighted by molar-refractivity contribution is 0.270. The fourth-order valence-corrected chi connectivity index (χ4v) is 3.82. The number of nitrogens with two attached hydrogens (primary N) is 1. The van der Waals surface area contributed by atoms with Crippen LogP contribution in [-0.2, 0) is 6.54 Å². The highest BCUT2D eigenvalue weighted by Crippen LogP contribution is 2.32. The van der Waals surface area contributed by atoms with E-state index < -0.39 is 0 Å². The third-order valence-electron chi connectivity index (χ3n) is 5.62. The van der Waals surface area contributed by atoms with Gasteiger partial charge in [0.25, 0.3) is 0 Å². The predicted molar refractivity (Wildman–Crippen MR) is 137 cm³/mol. The molecule has 0 aromatic heterocycles. The van der Waals surface area contributed by atoms with Gasteiger partial charge in [-0.3, -0.25) is 0 Å². The minimum absolute atomic E-state index is 0. The van der Waals surface area contributed by atoms with Crippen molar-refractivity contribution in [1.82, 2.24) is 4.90 Å². The number of hydrogen-bond donors (Lipinski definition) is 2. The van der Waals surface area contributed by atoms with E-state index in [1.165, 1.54) is 0 Å². The van der Waals surface area contributed by atoms with E-state index in [0.717, 1.165) is 56.1 Å². The first kappa shape index (κ1) is 24.4. The maximum atomic E-state index is 14.7. The highest BCUT2D eigenvalue weighted by atomic mass is 127. The standard InChI is InChI=1S/C23H30FN5O2.HI/c1-2-28-8-10-29(11-9-28)20-6-4-17(14-19(20)24)16-26-23(25)27-18-5-7-21-22(15-18)31-13-3-12-30-21;/h4-7,14-15H,2-3,8-13,16H2,1H3,(H3,25,26,27);1H. The molecule has 0 unspecified atom stereocenters. The summed E-state index contributed by atoms with van der Waals surface area (Å²) in [5, 5.41) is 3.06. The van der Waals surface area contributed by atoms with Crippen molar-refractivity contribution in [3.05, 3.63) is 47.8 Å². The van der Waals surface area contributed by atoms with Crippen LogP contribution in [0.3, 0.4) is 0 Å². The van der Waals surface area contributed by atoms with Gasteiger partial charge in [0.05, 0.1) is 25.4 Å². The summed E-state index contributed by atoms with van der Waals surface area (Å²) in [5.74, 6) is 1.46. The Bertz CT molecular complexity index is 935. The lowest BCUT2D eigenvalue weighted by atomic mass is 10.1. The molecule has 4 rings (SSSR count). The van der Waals surface area contributed by atoms with Crippen molar-refractivity contribution < 1.29 is 13.9 Å². The summed E-state index contributed by atoms with van der Waals surface area (Å²) in [6.07, 6.45) is 0.853. The van der Waals surface area contributed by atoms with E-state index >= 15 is 0 Å². The number of likely N-dealkylation sites (N-methyl/N-ethyl adjacent to an activating group) is 1. The Labute approximate surface area is 205 Å². The number of halogens is 2. The van der Waals surface area contributed by atoms with Crippen LogP contribution in [0.25, 0.3) is 0 Å². The first-order chi connectivity index (χ1) is 15.1. The van der Waals surface area contributed by atoms with Crippen LogP contribution in [0, 0.1) is 5.82 Å². The Balaban J connectivity index is 0.00000289. The molecule has 0 amide bonds. The number of ether oxygens (including phenoxy) is 2. The highest BCUT2D eigenvalue weighted by Gasteiger charge is 2.18. The topological polar surface area (TPSA) is 75.4 Å². The fourth-order valence-electron chi connectivity index (χ4n) is 3.82.